The number of nitrogens with zero attached hydrogens (tertiary/aromatic N) is 4. The minimum Gasteiger partial charge on any atom is -0.456 e. The third-order valence-corrected chi connectivity index (χ3v) is 11.7. The van der Waals surface area contributed by atoms with E-state index in [-0.39, 0.29) is 0 Å². The molecule has 0 atom stereocenters. The van der Waals surface area contributed by atoms with E-state index in [1.165, 1.54) is 11.1 Å². The molecule has 0 spiro atoms. The fourth-order valence-corrected chi connectivity index (χ4v) is 8.32. The van der Waals surface area contributed by atoms with Crippen LogP contribution in [0.25, 0.3) is 54.6 Å². The van der Waals surface area contributed by atoms with Gasteiger partial charge in [0.15, 0.2) is 0 Å². The number of fused-ring (bicyclic) bond motifs is 7. The van der Waals surface area contributed by atoms with Crippen LogP contribution < -0.4 is 9.80 Å². The normalized spacial score (nSPS) is 11.6. The maximum atomic E-state index is 9.48. The van der Waals surface area contributed by atoms with Gasteiger partial charge in [-0.15, -0.1) is 0 Å². The van der Waals surface area contributed by atoms with E-state index in [2.05, 4.69) is 159 Å². The Labute approximate surface area is 348 Å². The van der Waals surface area contributed by atoms with E-state index in [0.717, 1.165) is 88.8 Å². The lowest BCUT2D eigenvalue weighted by Gasteiger charge is -2.26. The van der Waals surface area contributed by atoms with E-state index in [0.29, 0.717) is 23.0 Å². The Hall–Kier alpha value is -7.80. The number of furan rings is 2. The molecule has 0 unspecified atom stereocenters. The van der Waals surface area contributed by atoms with Crippen molar-refractivity contribution in [1.29, 1.82) is 10.5 Å². The van der Waals surface area contributed by atoms with Crippen molar-refractivity contribution in [2.45, 2.75) is 39.5 Å². The Kier molecular flexibility index (Phi) is 8.85. The minimum absolute atomic E-state index is 0.425. The maximum absolute atomic E-state index is 9.48. The van der Waals surface area contributed by atoms with Crippen LogP contribution in [0.1, 0.15) is 61.8 Å². The Balaban J connectivity index is 1.05. The molecule has 60 heavy (non-hydrogen) atoms. The van der Waals surface area contributed by atoms with Gasteiger partial charge >= 0.3 is 0 Å². The first-order chi connectivity index (χ1) is 29.2. The zero-order valence-corrected chi connectivity index (χ0v) is 33.8. The highest BCUT2D eigenvalue weighted by Gasteiger charge is 2.19. The van der Waals surface area contributed by atoms with Gasteiger partial charge in [-0.05, 0) is 155 Å². The van der Waals surface area contributed by atoms with Crippen LogP contribution >= 0.6 is 0 Å². The van der Waals surface area contributed by atoms with Crippen molar-refractivity contribution in [3.63, 3.8) is 0 Å². The van der Waals surface area contributed by atoms with Crippen LogP contribution in [0.5, 0.6) is 0 Å². The smallest absolute Gasteiger partial charge is 0.137 e. The predicted molar refractivity (Wildman–Crippen MR) is 245 cm³/mol. The van der Waals surface area contributed by atoms with E-state index in [1.807, 2.05) is 48.5 Å². The first-order valence-corrected chi connectivity index (χ1v) is 20.3. The van der Waals surface area contributed by atoms with Crippen molar-refractivity contribution >= 4 is 88.8 Å². The van der Waals surface area contributed by atoms with Crippen molar-refractivity contribution in [3.8, 4) is 12.1 Å². The number of benzene rings is 8. The molecule has 0 amide bonds. The lowest BCUT2D eigenvalue weighted by Crippen LogP contribution is -2.10. The largest absolute Gasteiger partial charge is 0.456 e. The molecule has 0 radical (unpaired) electrons. The Morgan fingerprint density at radius 3 is 1.23 bits per heavy atom. The maximum Gasteiger partial charge on any atom is 0.137 e. The summed E-state index contributed by atoms with van der Waals surface area (Å²) in [5, 5.41) is 25.1. The third-order valence-electron chi connectivity index (χ3n) is 11.7. The molecule has 0 saturated carbocycles. The Bertz CT molecular complexity index is 3200. The quantitative estimate of drug-likeness (QED) is 0.153. The molecule has 6 nitrogen and oxygen atoms in total. The molecule has 0 fully saturated rings. The summed E-state index contributed by atoms with van der Waals surface area (Å²) in [5.74, 6) is 0.856. The van der Waals surface area contributed by atoms with Crippen LogP contribution in [0.3, 0.4) is 0 Å². The highest BCUT2D eigenvalue weighted by Crippen LogP contribution is 2.43. The second-order valence-electron chi connectivity index (χ2n) is 16.1. The Morgan fingerprint density at radius 2 is 0.750 bits per heavy atom. The molecule has 0 bridgehead atoms. The molecule has 0 N–H and O–H groups in total. The van der Waals surface area contributed by atoms with E-state index in [9.17, 15) is 10.5 Å². The lowest BCUT2D eigenvalue weighted by molar-refractivity contribution is 0.664. The molecule has 0 aliphatic rings. The van der Waals surface area contributed by atoms with Gasteiger partial charge in [0.05, 0.1) is 23.3 Å². The summed E-state index contributed by atoms with van der Waals surface area (Å²) in [6.07, 6.45) is 0. The monoisotopic (exact) mass is 776 g/mol. The van der Waals surface area contributed by atoms with Crippen molar-refractivity contribution in [2.24, 2.45) is 0 Å². The van der Waals surface area contributed by atoms with Crippen LogP contribution in [-0.4, -0.2) is 0 Å². The molecule has 6 heteroatoms. The van der Waals surface area contributed by atoms with Gasteiger partial charge in [0.1, 0.15) is 22.3 Å². The van der Waals surface area contributed by atoms with Crippen molar-refractivity contribution in [2.75, 3.05) is 9.80 Å². The zero-order chi connectivity index (χ0) is 41.1. The van der Waals surface area contributed by atoms with Crippen LogP contribution in [0.15, 0.2) is 167 Å². The van der Waals surface area contributed by atoms with Gasteiger partial charge < -0.3 is 18.6 Å². The van der Waals surface area contributed by atoms with E-state index in [1.54, 1.807) is 0 Å². The summed E-state index contributed by atoms with van der Waals surface area (Å²) in [6, 6.07) is 58.6. The molecule has 2 heterocycles. The average Bonchev–Trinajstić information content (AvgIpc) is 3.81. The molecular formula is C54H40N4O2. The standard InChI is InChI=1S/C54H40N4O2/c1-33(2)37-9-18-43(19-10-37)57(41-14-5-35(31-55)6-15-41)45-22-13-39-26-48-50-30-53-49(29-54(50)59-51(48)27-40(39)25-45)47-24-23-46(28-52(47)60-53)58(42-16-7-36(32-56)8-17-42)44-20-11-38(12-21-44)34(3)4/h5-30,33-34H,1-4H3. The minimum atomic E-state index is 0.425. The summed E-state index contributed by atoms with van der Waals surface area (Å²) in [6.45, 7) is 8.80. The number of hydrogen-bond acceptors (Lipinski definition) is 6. The van der Waals surface area contributed by atoms with Crippen LogP contribution in [-0.2, 0) is 0 Å². The van der Waals surface area contributed by atoms with Crippen molar-refractivity contribution < 1.29 is 8.83 Å². The van der Waals surface area contributed by atoms with Gasteiger partial charge in [0, 0.05) is 61.7 Å². The third kappa shape index (κ3) is 6.36. The Morgan fingerprint density at radius 1 is 0.367 bits per heavy atom. The number of anilines is 6. The molecule has 10 rings (SSSR count). The fourth-order valence-electron chi connectivity index (χ4n) is 8.32. The second kappa shape index (κ2) is 14.5. The number of nitriles is 2. The molecule has 10 aromatic rings. The first kappa shape index (κ1) is 36.5. The van der Waals surface area contributed by atoms with Gasteiger partial charge in [-0.25, -0.2) is 0 Å². The van der Waals surface area contributed by atoms with Gasteiger partial charge in [0.2, 0.25) is 0 Å². The lowest BCUT2D eigenvalue weighted by atomic mass is 10.0. The summed E-state index contributed by atoms with van der Waals surface area (Å²) in [4.78, 5) is 4.42. The van der Waals surface area contributed by atoms with E-state index in [4.69, 9.17) is 8.83 Å². The second-order valence-corrected chi connectivity index (χ2v) is 16.1. The van der Waals surface area contributed by atoms with Crippen LogP contribution in [0.4, 0.5) is 34.1 Å². The molecule has 0 aliphatic carbocycles. The van der Waals surface area contributed by atoms with Crippen molar-refractivity contribution in [1.82, 2.24) is 0 Å². The molecule has 2 aromatic heterocycles. The van der Waals surface area contributed by atoms with Crippen LogP contribution in [0, 0.1) is 22.7 Å². The van der Waals surface area contributed by atoms with E-state index < -0.39 is 0 Å². The molecule has 0 saturated heterocycles. The summed E-state index contributed by atoms with van der Waals surface area (Å²) in [7, 11) is 0. The summed E-state index contributed by atoms with van der Waals surface area (Å²) in [5.41, 5.74) is 12.9. The molecule has 0 aliphatic heterocycles. The summed E-state index contributed by atoms with van der Waals surface area (Å²) >= 11 is 0. The van der Waals surface area contributed by atoms with Gasteiger partial charge in [-0.2, -0.15) is 10.5 Å². The van der Waals surface area contributed by atoms with Gasteiger partial charge in [0.25, 0.3) is 0 Å². The molecule has 8 aromatic carbocycles. The fraction of sp³-hybridized carbons (Fsp3) is 0.111. The van der Waals surface area contributed by atoms with Crippen LogP contribution in [0.2, 0.25) is 0 Å². The zero-order valence-electron chi connectivity index (χ0n) is 33.8. The highest BCUT2D eigenvalue weighted by molar-refractivity contribution is 6.17. The molecule has 288 valence electrons. The number of hydrogen-bond donors (Lipinski definition) is 0. The summed E-state index contributed by atoms with van der Waals surface area (Å²) < 4.78 is 13.3. The molecular weight excluding hydrogens is 737 g/mol. The number of rotatable bonds is 8. The SMILES string of the molecule is CC(C)c1ccc(N(c2ccc(C#N)cc2)c2ccc3cc4c(cc3c2)oc2cc3c(cc24)oc2cc(N(c4ccc(C#N)cc4)c4ccc(C(C)C)cc4)ccc23)cc1. The van der Waals surface area contributed by atoms with Gasteiger partial charge in [-0.3, -0.25) is 0 Å². The predicted octanol–water partition coefficient (Wildman–Crippen LogP) is 15.6. The first-order valence-electron chi connectivity index (χ1n) is 20.3. The topological polar surface area (TPSA) is 80.3 Å². The van der Waals surface area contributed by atoms with E-state index >= 15 is 0 Å². The average molecular weight is 777 g/mol. The van der Waals surface area contributed by atoms with Crippen molar-refractivity contribution in [3.05, 3.63) is 180 Å². The van der Waals surface area contributed by atoms with Gasteiger partial charge in [-0.1, -0.05) is 58.0 Å². The highest BCUT2D eigenvalue weighted by atomic mass is 16.3.